The molecule has 0 spiro atoms. The van der Waals surface area contributed by atoms with Crippen LogP contribution in [0.3, 0.4) is 0 Å². The predicted octanol–water partition coefficient (Wildman–Crippen LogP) is 3.65. The molecule has 1 atom stereocenters. The highest BCUT2D eigenvalue weighted by Gasteiger charge is 2.09. The molecule has 0 heterocycles. The van der Waals surface area contributed by atoms with Crippen LogP contribution in [0.5, 0.6) is 0 Å². The highest BCUT2D eigenvalue weighted by atomic mass is 16.2. The normalized spacial score (nSPS) is 11.6. The molecule has 4 heteroatoms. The largest absolute Gasteiger partial charge is 0.354 e. The van der Waals surface area contributed by atoms with Gasteiger partial charge in [-0.05, 0) is 43.7 Å². The Bertz CT molecular complexity index is 686. The number of aryl methyl sites for hydroxylation is 2. The first kappa shape index (κ1) is 20.7. The molecule has 0 fully saturated rings. The van der Waals surface area contributed by atoms with Crippen LogP contribution in [-0.4, -0.2) is 24.4 Å². The number of benzene rings is 2. The predicted molar refractivity (Wildman–Crippen MR) is 109 cm³/mol. The van der Waals surface area contributed by atoms with Crippen molar-refractivity contribution in [3.8, 4) is 0 Å². The van der Waals surface area contributed by atoms with Gasteiger partial charge in [-0.2, -0.15) is 0 Å². The summed E-state index contributed by atoms with van der Waals surface area (Å²) in [6, 6.07) is 20.3. The van der Waals surface area contributed by atoms with E-state index in [2.05, 4.69) is 34.9 Å². The van der Waals surface area contributed by atoms with Crippen LogP contribution in [0.15, 0.2) is 60.7 Å². The minimum Gasteiger partial charge on any atom is -0.354 e. The third-order valence-electron chi connectivity index (χ3n) is 4.44. The van der Waals surface area contributed by atoms with E-state index < -0.39 is 0 Å². The van der Waals surface area contributed by atoms with E-state index in [1.807, 2.05) is 43.3 Å². The van der Waals surface area contributed by atoms with Crippen molar-refractivity contribution in [1.82, 2.24) is 10.6 Å². The van der Waals surface area contributed by atoms with E-state index in [0.717, 1.165) is 25.7 Å². The molecule has 0 bridgehead atoms. The fourth-order valence-electron chi connectivity index (χ4n) is 2.95. The van der Waals surface area contributed by atoms with E-state index in [1.54, 1.807) is 0 Å². The monoisotopic (exact) mass is 366 g/mol. The van der Waals surface area contributed by atoms with Crippen molar-refractivity contribution in [1.29, 1.82) is 0 Å². The van der Waals surface area contributed by atoms with Crippen LogP contribution in [-0.2, 0) is 22.4 Å². The number of rotatable bonds is 11. The molecule has 2 amide bonds. The average molecular weight is 367 g/mol. The molecule has 0 aliphatic rings. The SMILES string of the molecule is CC(CNC(=O)CCCc1ccccc1)NC(=O)CCCc1ccccc1. The zero-order valence-electron chi connectivity index (χ0n) is 16.1. The van der Waals surface area contributed by atoms with Gasteiger partial charge in [-0.3, -0.25) is 9.59 Å². The van der Waals surface area contributed by atoms with Gasteiger partial charge in [-0.15, -0.1) is 0 Å². The lowest BCUT2D eigenvalue weighted by Crippen LogP contribution is -2.41. The Morgan fingerprint density at radius 3 is 1.78 bits per heavy atom. The summed E-state index contributed by atoms with van der Waals surface area (Å²) < 4.78 is 0. The van der Waals surface area contributed by atoms with E-state index >= 15 is 0 Å². The topological polar surface area (TPSA) is 58.2 Å². The van der Waals surface area contributed by atoms with Crippen LogP contribution in [0.2, 0.25) is 0 Å². The van der Waals surface area contributed by atoms with Gasteiger partial charge < -0.3 is 10.6 Å². The Morgan fingerprint density at radius 1 is 0.778 bits per heavy atom. The Kier molecular flexibility index (Phi) is 9.11. The summed E-state index contributed by atoms with van der Waals surface area (Å²) in [5.41, 5.74) is 2.50. The van der Waals surface area contributed by atoms with Crippen molar-refractivity contribution in [3.63, 3.8) is 0 Å². The van der Waals surface area contributed by atoms with Crippen molar-refractivity contribution in [2.24, 2.45) is 0 Å². The molecule has 2 rings (SSSR count). The summed E-state index contributed by atoms with van der Waals surface area (Å²) in [6.45, 7) is 2.38. The molecular weight excluding hydrogens is 336 g/mol. The maximum Gasteiger partial charge on any atom is 0.220 e. The van der Waals surface area contributed by atoms with Crippen LogP contribution in [0, 0.1) is 0 Å². The molecule has 1 unspecified atom stereocenters. The molecule has 4 nitrogen and oxygen atoms in total. The Balaban J connectivity index is 1.53. The first-order chi connectivity index (χ1) is 13.1. The maximum absolute atomic E-state index is 12.0. The quantitative estimate of drug-likeness (QED) is 0.638. The third-order valence-corrected chi connectivity index (χ3v) is 4.44. The van der Waals surface area contributed by atoms with Crippen molar-refractivity contribution >= 4 is 11.8 Å². The second-order valence-corrected chi connectivity index (χ2v) is 6.95. The molecule has 0 saturated heterocycles. The molecule has 0 aliphatic carbocycles. The van der Waals surface area contributed by atoms with Gasteiger partial charge in [0.05, 0.1) is 0 Å². The van der Waals surface area contributed by atoms with Gasteiger partial charge in [-0.1, -0.05) is 60.7 Å². The van der Waals surface area contributed by atoms with Crippen molar-refractivity contribution in [2.45, 2.75) is 51.5 Å². The smallest absolute Gasteiger partial charge is 0.220 e. The molecular formula is C23H30N2O2. The lowest BCUT2D eigenvalue weighted by Gasteiger charge is -2.15. The van der Waals surface area contributed by atoms with Gasteiger partial charge in [0.15, 0.2) is 0 Å². The molecule has 0 saturated carbocycles. The Labute approximate surface area is 162 Å². The van der Waals surface area contributed by atoms with Gasteiger partial charge in [0.25, 0.3) is 0 Å². The van der Waals surface area contributed by atoms with E-state index in [1.165, 1.54) is 11.1 Å². The summed E-state index contributed by atoms with van der Waals surface area (Å²) >= 11 is 0. The molecule has 2 aromatic carbocycles. The fraction of sp³-hybridized carbons (Fsp3) is 0.391. The van der Waals surface area contributed by atoms with Gasteiger partial charge >= 0.3 is 0 Å². The van der Waals surface area contributed by atoms with Crippen LogP contribution < -0.4 is 10.6 Å². The molecule has 2 aromatic rings. The van der Waals surface area contributed by atoms with Crippen molar-refractivity contribution in [3.05, 3.63) is 71.8 Å². The van der Waals surface area contributed by atoms with Crippen molar-refractivity contribution < 1.29 is 9.59 Å². The molecule has 0 radical (unpaired) electrons. The number of amides is 2. The molecule has 0 aromatic heterocycles. The Hall–Kier alpha value is -2.62. The Morgan fingerprint density at radius 2 is 1.26 bits per heavy atom. The summed E-state index contributed by atoms with van der Waals surface area (Å²) in [7, 11) is 0. The number of carbonyl (C=O) groups excluding carboxylic acids is 2. The van der Waals surface area contributed by atoms with Gasteiger partial charge in [0, 0.05) is 25.4 Å². The molecule has 0 aliphatic heterocycles. The van der Waals surface area contributed by atoms with E-state index in [4.69, 9.17) is 0 Å². The van der Waals surface area contributed by atoms with Crippen LogP contribution in [0.25, 0.3) is 0 Å². The number of nitrogens with one attached hydrogen (secondary N) is 2. The van der Waals surface area contributed by atoms with Crippen molar-refractivity contribution in [2.75, 3.05) is 6.54 Å². The lowest BCUT2D eigenvalue weighted by atomic mass is 10.1. The van der Waals surface area contributed by atoms with Gasteiger partial charge in [-0.25, -0.2) is 0 Å². The first-order valence-corrected chi connectivity index (χ1v) is 9.77. The highest BCUT2D eigenvalue weighted by molar-refractivity contribution is 5.77. The van der Waals surface area contributed by atoms with E-state index in [9.17, 15) is 9.59 Å². The van der Waals surface area contributed by atoms with E-state index in [-0.39, 0.29) is 17.9 Å². The minimum absolute atomic E-state index is 0.0381. The standard InChI is InChI=1S/C23H30N2O2/c1-19(25-23(27)17-9-15-21-12-6-3-7-13-21)18-24-22(26)16-8-14-20-10-4-2-5-11-20/h2-7,10-13,19H,8-9,14-18H2,1H3,(H,24,26)(H,25,27). The highest BCUT2D eigenvalue weighted by Crippen LogP contribution is 2.05. The van der Waals surface area contributed by atoms with Gasteiger partial charge in [0.2, 0.25) is 11.8 Å². The van der Waals surface area contributed by atoms with Crippen LogP contribution in [0.1, 0.15) is 43.7 Å². The second kappa shape index (κ2) is 11.9. The number of hydrogen-bond donors (Lipinski definition) is 2. The lowest BCUT2D eigenvalue weighted by molar-refractivity contribution is -0.123. The zero-order chi connectivity index (χ0) is 19.3. The summed E-state index contributed by atoms with van der Waals surface area (Å²) in [5, 5.41) is 5.85. The minimum atomic E-state index is -0.0627. The summed E-state index contributed by atoms with van der Waals surface area (Å²) in [4.78, 5) is 23.9. The summed E-state index contributed by atoms with van der Waals surface area (Å²) in [6.07, 6.45) is 4.48. The molecule has 144 valence electrons. The zero-order valence-corrected chi connectivity index (χ0v) is 16.1. The fourth-order valence-corrected chi connectivity index (χ4v) is 2.95. The van der Waals surface area contributed by atoms with Gasteiger partial charge in [0.1, 0.15) is 0 Å². The van der Waals surface area contributed by atoms with E-state index in [0.29, 0.717) is 19.4 Å². The molecule has 2 N–H and O–H groups in total. The maximum atomic E-state index is 12.0. The number of carbonyl (C=O) groups is 2. The second-order valence-electron chi connectivity index (χ2n) is 6.95. The number of hydrogen-bond acceptors (Lipinski definition) is 2. The average Bonchev–Trinajstić information content (AvgIpc) is 2.68. The first-order valence-electron chi connectivity index (χ1n) is 9.77. The van der Waals surface area contributed by atoms with Crippen LogP contribution >= 0.6 is 0 Å². The molecule has 27 heavy (non-hydrogen) atoms. The van der Waals surface area contributed by atoms with Crippen LogP contribution in [0.4, 0.5) is 0 Å². The third kappa shape index (κ3) is 9.04. The summed E-state index contributed by atoms with van der Waals surface area (Å²) in [5.74, 6) is 0.0767.